The quantitative estimate of drug-likeness (QED) is 0.382. The van der Waals surface area contributed by atoms with Gasteiger partial charge in [0.15, 0.2) is 5.65 Å². The van der Waals surface area contributed by atoms with E-state index in [1.54, 1.807) is 10.9 Å². The zero-order valence-electron chi connectivity index (χ0n) is 15.7. The van der Waals surface area contributed by atoms with E-state index in [0.717, 1.165) is 28.3 Å². The second kappa shape index (κ2) is 7.85. The molecule has 0 aliphatic carbocycles. The van der Waals surface area contributed by atoms with Gasteiger partial charge in [0, 0.05) is 10.7 Å². The predicted octanol–water partition coefficient (Wildman–Crippen LogP) is 6.00. The smallest absolute Gasteiger partial charge is 0.168 e. The van der Waals surface area contributed by atoms with Crippen molar-refractivity contribution in [3.63, 3.8) is 0 Å². The van der Waals surface area contributed by atoms with Gasteiger partial charge >= 0.3 is 0 Å². The average Bonchev–Trinajstić information content (AvgIpc) is 3.22. The van der Waals surface area contributed by atoms with Crippen LogP contribution in [0.4, 0.5) is 11.5 Å². The Bertz CT molecular complexity index is 1290. The van der Waals surface area contributed by atoms with Crippen molar-refractivity contribution in [2.45, 2.75) is 0 Å². The molecule has 5 rings (SSSR count). The van der Waals surface area contributed by atoms with Gasteiger partial charge in [0.05, 0.1) is 17.3 Å². The molecule has 0 radical (unpaired) electrons. The molecule has 0 fully saturated rings. The molecule has 0 spiro atoms. The number of ether oxygens (including phenoxy) is 1. The Hall–Kier alpha value is -3.90. The zero-order chi connectivity index (χ0) is 20.3. The van der Waals surface area contributed by atoms with Crippen molar-refractivity contribution >= 4 is 34.1 Å². The highest BCUT2D eigenvalue weighted by Gasteiger charge is 2.11. The molecule has 0 bridgehead atoms. The van der Waals surface area contributed by atoms with Crippen molar-refractivity contribution in [2.75, 3.05) is 5.32 Å². The number of nitrogens with one attached hydrogen (secondary N) is 1. The first-order valence-corrected chi connectivity index (χ1v) is 9.69. The summed E-state index contributed by atoms with van der Waals surface area (Å²) >= 11 is 5.99. The summed E-state index contributed by atoms with van der Waals surface area (Å²) in [6.07, 6.45) is 3.27. The average molecular weight is 414 g/mol. The largest absolute Gasteiger partial charge is 0.457 e. The molecule has 0 aliphatic rings. The Kier molecular flexibility index (Phi) is 4.75. The highest BCUT2D eigenvalue weighted by molar-refractivity contribution is 6.30. The molecule has 2 heterocycles. The second-order valence-electron chi connectivity index (χ2n) is 6.56. The van der Waals surface area contributed by atoms with E-state index in [9.17, 15) is 0 Å². The maximum atomic E-state index is 5.99. The summed E-state index contributed by atoms with van der Waals surface area (Å²) in [5.74, 6) is 2.23. The van der Waals surface area contributed by atoms with Crippen LogP contribution in [-0.2, 0) is 0 Å². The van der Waals surface area contributed by atoms with Crippen LogP contribution in [0.2, 0.25) is 5.02 Å². The molecule has 0 atom stereocenters. The number of fused-ring (bicyclic) bond motifs is 1. The monoisotopic (exact) mass is 413 g/mol. The zero-order valence-corrected chi connectivity index (χ0v) is 16.5. The Balaban J connectivity index is 1.40. The van der Waals surface area contributed by atoms with Crippen LogP contribution in [0.3, 0.4) is 0 Å². The topological polar surface area (TPSA) is 64.9 Å². The maximum absolute atomic E-state index is 5.99. The minimum Gasteiger partial charge on any atom is -0.457 e. The Morgan fingerprint density at radius 3 is 2.30 bits per heavy atom. The summed E-state index contributed by atoms with van der Waals surface area (Å²) in [6, 6.07) is 24.8. The lowest BCUT2D eigenvalue weighted by Crippen LogP contribution is -1.99. The Morgan fingerprint density at radius 1 is 0.800 bits per heavy atom. The van der Waals surface area contributed by atoms with Crippen LogP contribution < -0.4 is 10.1 Å². The van der Waals surface area contributed by atoms with Gasteiger partial charge < -0.3 is 10.1 Å². The lowest BCUT2D eigenvalue weighted by atomic mass is 10.3. The third-order valence-electron chi connectivity index (χ3n) is 4.53. The molecule has 30 heavy (non-hydrogen) atoms. The molecule has 0 unspecified atom stereocenters. The summed E-state index contributed by atoms with van der Waals surface area (Å²) in [4.78, 5) is 8.79. The first-order valence-electron chi connectivity index (χ1n) is 9.31. The molecular formula is C23H16ClN5O. The van der Waals surface area contributed by atoms with E-state index in [2.05, 4.69) is 20.4 Å². The van der Waals surface area contributed by atoms with Crippen LogP contribution in [0.1, 0.15) is 0 Å². The van der Waals surface area contributed by atoms with Crippen molar-refractivity contribution in [2.24, 2.45) is 0 Å². The standard InChI is InChI=1S/C23H16ClN5O/c24-16-6-10-18(11-7-16)29-23-21(14-27-29)22(25-15-26-23)28-17-8-12-20(13-9-17)30-19-4-2-1-3-5-19/h1-15H,(H,25,26,28). The first-order chi connectivity index (χ1) is 14.8. The van der Waals surface area contributed by atoms with Crippen LogP contribution in [-0.4, -0.2) is 19.7 Å². The second-order valence-corrected chi connectivity index (χ2v) is 6.99. The molecule has 0 amide bonds. The molecule has 2 aromatic heterocycles. The molecular weight excluding hydrogens is 398 g/mol. The number of hydrogen-bond acceptors (Lipinski definition) is 5. The fourth-order valence-electron chi connectivity index (χ4n) is 3.08. The fraction of sp³-hybridized carbons (Fsp3) is 0. The number of aromatic nitrogens is 4. The maximum Gasteiger partial charge on any atom is 0.168 e. The highest BCUT2D eigenvalue weighted by atomic mass is 35.5. The van der Waals surface area contributed by atoms with Crippen molar-refractivity contribution in [3.05, 3.63) is 96.4 Å². The summed E-state index contributed by atoms with van der Waals surface area (Å²) in [7, 11) is 0. The molecule has 6 nitrogen and oxygen atoms in total. The number of rotatable bonds is 5. The number of anilines is 2. The van der Waals surface area contributed by atoms with Crippen LogP contribution >= 0.6 is 11.6 Å². The predicted molar refractivity (Wildman–Crippen MR) is 118 cm³/mol. The van der Waals surface area contributed by atoms with Crippen LogP contribution in [0.15, 0.2) is 91.4 Å². The van der Waals surface area contributed by atoms with E-state index in [1.165, 1.54) is 6.33 Å². The number of hydrogen-bond donors (Lipinski definition) is 1. The number of benzene rings is 3. The van der Waals surface area contributed by atoms with Gasteiger partial charge in [-0.2, -0.15) is 5.10 Å². The van der Waals surface area contributed by atoms with Crippen molar-refractivity contribution in [3.8, 4) is 17.2 Å². The number of para-hydroxylation sites is 1. The van der Waals surface area contributed by atoms with E-state index in [1.807, 2.05) is 78.9 Å². The van der Waals surface area contributed by atoms with E-state index in [-0.39, 0.29) is 0 Å². The van der Waals surface area contributed by atoms with Crippen molar-refractivity contribution in [1.29, 1.82) is 0 Å². The molecule has 0 saturated carbocycles. The molecule has 7 heteroatoms. The summed E-state index contributed by atoms with van der Waals surface area (Å²) < 4.78 is 7.60. The van der Waals surface area contributed by atoms with Crippen LogP contribution in [0.5, 0.6) is 11.5 Å². The van der Waals surface area contributed by atoms with Gasteiger partial charge in [-0.3, -0.25) is 0 Å². The minimum absolute atomic E-state index is 0.673. The summed E-state index contributed by atoms with van der Waals surface area (Å²) in [5, 5.41) is 9.29. The minimum atomic E-state index is 0.673. The number of nitrogens with zero attached hydrogens (tertiary/aromatic N) is 4. The van der Waals surface area contributed by atoms with E-state index in [4.69, 9.17) is 16.3 Å². The SMILES string of the molecule is Clc1ccc(-n2ncc3c(Nc4ccc(Oc5ccccc5)cc4)ncnc32)cc1. The molecule has 1 N–H and O–H groups in total. The van der Waals surface area contributed by atoms with Gasteiger partial charge in [-0.05, 0) is 60.7 Å². The summed E-state index contributed by atoms with van der Waals surface area (Å²) in [6.45, 7) is 0. The molecule has 5 aromatic rings. The molecule has 0 saturated heterocycles. The Labute approximate surface area is 177 Å². The van der Waals surface area contributed by atoms with E-state index in [0.29, 0.717) is 16.5 Å². The van der Waals surface area contributed by atoms with Crippen LogP contribution in [0.25, 0.3) is 16.7 Å². The van der Waals surface area contributed by atoms with Gasteiger partial charge in [-0.15, -0.1) is 0 Å². The van der Waals surface area contributed by atoms with Gasteiger partial charge in [-0.25, -0.2) is 14.6 Å². The summed E-state index contributed by atoms with van der Waals surface area (Å²) in [5.41, 5.74) is 2.47. The molecule has 146 valence electrons. The van der Waals surface area contributed by atoms with Crippen molar-refractivity contribution in [1.82, 2.24) is 19.7 Å². The lowest BCUT2D eigenvalue weighted by molar-refractivity contribution is 0.483. The highest BCUT2D eigenvalue weighted by Crippen LogP contribution is 2.27. The van der Waals surface area contributed by atoms with Crippen LogP contribution in [0, 0.1) is 0 Å². The molecule has 0 aliphatic heterocycles. The third kappa shape index (κ3) is 3.68. The van der Waals surface area contributed by atoms with Crippen molar-refractivity contribution < 1.29 is 4.74 Å². The Morgan fingerprint density at radius 2 is 1.53 bits per heavy atom. The number of halogens is 1. The third-order valence-corrected chi connectivity index (χ3v) is 4.78. The van der Waals surface area contributed by atoms with E-state index >= 15 is 0 Å². The molecule has 3 aromatic carbocycles. The van der Waals surface area contributed by atoms with Gasteiger partial charge in [0.2, 0.25) is 0 Å². The van der Waals surface area contributed by atoms with Gasteiger partial charge in [0.1, 0.15) is 23.6 Å². The lowest BCUT2D eigenvalue weighted by Gasteiger charge is -2.09. The normalized spacial score (nSPS) is 10.8. The van der Waals surface area contributed by atoms with Gasteiger partial charge in [-0.1, -0.05) is 29.8 Å². The first kappa shape index (κ1) is 18.1. The van der Waals surface area contributed by atoms with Gasteiger partial charge in [0.25, 0.3) is 0 Å². The fourth-order valence-corrected chi connectivity index (χ4v) is 3.21. The van der Waals surface area contributed by atoms with E-state index < -0.39 is 0 Å².